The lowest BCUT2D eigenvalue weighted by Gasteiger charge is -2.15. The van der Waals surface area contributed by atoms with Gasteiger partial charge in [-0.3, -0.25) is 0 Å². The van der Waals surface area contributed by atoms with E-state index >= 15 is 0 Å². The van der Waals surface area contributed by atoms with Gasteiger partial charge in [0.15, 0.2) is 0 Å². The van der Waals surface area contributed by atoms with Crippen molar-refractivity contribution in [2.75, 3.05) is 18.0 Å². The zero-order chi connectivity index (χ0) is 9.26. The van der Waals surface area contributed by atoms with Crippen molar-refractivity contribution in [3.05, 3.63) is 24.4 Å². The molecule has 3 heteroatoms. The van der Waals surface area contributed by atoms with Crippen LogP contribution < -0.4 is 4.90 Å². The van der Waals surface area contributed by atoms with Gasteiger partial charge in [0.1, 0.15) is 5.82 Å². The molecule has 0 amide bonds. The molecule has 13 heavy (non-hydrogen) atoms. The summed E-state index contributed by atoms with van der Waals surface area (Å²) in [6.45, 7) is 3.67. The number of aromatic nitrogens is 1. The summed E-state index contributed by atoms with van der Waals surface area (Å²) in [5.41, 5.74) is 0. The third-order valence-electron chi connectivity index (χ3n) is 2.55. The van der Waals surface area contributed by atoms with Gasteiger partial charge in [-0.15, -0.1) is 0 Å². The molecule has 0 saturated carbocycles. The summed E-state index contributed by atoms with van der Waals surface area (Å²) < 4.78 is 0. The maximum atomic E-state index is 9.56. The molecule has 2 atom stereocenters. The summed E-state index contributed by atoms with van der Waals surface area (Å²) in [7, 11) is 0. The number of aliphatic hydroxyl groups is 1. The molecule has 70 valence electrons. The van der Waals surface area contributed by atoms with Gasteiger partial charge < -0.3 is 10.0 Å². The average molecular weight is 178 g/mol. The van der Waals surface area contributed by atoms with Crippen LogP contribution in [0, 0.1) is 5.92 Å². The minimum absolute atomic E-state index is 0.206. The van der Waals surface area contributed by atoms with Crippen molar-refractivity contribution in [1.82, 2.24) is 4.98 Å². The highest BCUT2D eigenvalue weighted by Crippen LogP contribution is 2.21. The van der Waals surface area contributed by atoms with E-state index in [4.69, 9.17) is 0 Å². The summed E-state index contributed by atoms with van der Waals surface area (Å²) in [5, 5.41) is 9.56. The highest BCUT2D eigenvalue weighted by atomic mass is 16.3. The van der Waals surface area contributed by atoms with Crippen LogP contribution in [0.2, 0.25) is 0 Å². The summed E-state index contributed by atoms with van der Waals surface area (Å²) in [6, 6.07) is 5.85. The van der Waals surface area contributed by atoms with E-state index in [1.54, 1.807) is 6.20 Å². The highest BCUT2D eigenvalue weighted by Gasteiger charge is 2.28. The van der Waals surface area contributed by atoms with Gasteiger partial charge in [0.25, 0.3) is 0 Å². The molecule has 1 aromatic rings. The van der Waals surface area contributed by atoms with Crippen molar-refractivity contribution in [3.63, 3.8) is 0 Å². The van der Waals surface area contributed by atoms with E-state index in [-0.39, 0.29) is 6.10 Å². The number of hydrogen-bond acceptors (Lipinski definition) is 3. The van der Waals surface area contributed by atoms with E-state index < -0.39 is 0 Å². The van der Waals surface area contributed by atoms with Gasteiger partial charge in [-0.05, 0) is 12.1 Å². The fourth-order valence-corrected chi connectivity index (χ4v) is 1.68. The van der Waals surface area contributed by atoms with E-state index in [0.717, 1.165) is 12.4 Å². The van der Waals surface area contributed by atoms with Gasteiger partial charge in [-0.1, -0.05) is 13.0 Å². The minimum atomic E-state index is -0.206. The first-order valence-electron chi connectivity index (χ1n) is 4.61. The lowest BCUT2D eigenvalue weighted by Crippen LogP contribution is -2.21. The molecule has 1 fully saturated rings. The normalized spacial score (nSPS) is 28.0. The molecule has 0 aromatic carbocycles. The summed E-state index contributed by atoms with van der Waals surface area (Å²) >= 11 is 0. The molecule has 0 radical (unpaired) electrons. The molecule has 1 aromatic heterocycles. The van der Waals surface area contributed by atoms with Crippen LogP contribution in [0.4, 0.5) is 5.82 Å². The van der Waals surface area contributed by atoms with E-state index in [2.05, 4.69) is 16.8 Å². The number of aliphatic hydroxyl groups excluding tert-OH is 1. The van der Waals surface area contributed by atoms with Crippen molar-refractivity contribution >= 4 is 5.82 Å². The van der Waals surface area contributed by atoms with Crippen molar-refractivity contribution in [3.8, 4) is 0 Å². The SMILES string of the molecule is C[C@H]1CN(c2ccccn2)C[C@@H]1O. The predicted octanol–water partition coefficient (Wildman–Crippen LogP) is 0.899. The van der Waals surface area contributed by atoms with Gasteiger partial charge in [0, 0.05) is 25.2 Å². The van der Waals surface area contributed by atoms with Crippen LogP contribution in [0.15, 0.2) is 24.4 Å². The Morgan fingerprint density at radius 1 is 1.46 bits per heavy atom. The zero-order valence-electron chi connectivity index (χ0n) is 7.72. The Morgan fingerprint density at radius 2 is 2.31 bits per heavy atom. The van der Waals surface area contributed by atoms with Crippen LogP contribution in [-0.4, -0.2) is 29.3 Å². The van der Waals surface area contributed by atoms with E-state index in [9.17, 15) is 5.11 Å². The molecule has 0 bridgehead atoms. The number of nitrogens with zero attached hydrogens (tertiary/aromatic N) is 2. The number of anilines is 1. The molecular weight excluding hydrogens is 164 g/mol. The second-order valence-corrected chi connectivity index (χ2v) is 3.64. The van der Waals surface area contributed by atoms with Crippen LogP contribution >= 0.6 is 0 Å². The van der Waals surface area contributed by atoms with Crippen molar-refractivity contribution in [2.45, 2.75) is 13.0 Å². The van der Waals surface area contributed by atoms with Crippen LogP contribution in [0.1, 0.15) is 6.92 Å². The maximum Gasteiger partial charge on any atom is 0.128 e. The van der Waals surface area contributed by atoms with E-state index in [1.807, 2.05) is 18.2 Å². The molecule has 0 spiro atoms. The van der Waals surface area contributed by atoms with Crippen molar-refractivity contribution in [1.29, 1.82) is 0 Å². The number of hydrogen-bond donors (Lipinski definition) is 1. The van der Waals surface area contributed by atoms with Crippen LogP contribution in [0.25, 0.3) is 0 Å². The Labute approximate surface area is 78.0 Å². The first-order valence-corrected chi connectivity index (χ1v) is 4.61. The minimum Gasteiger partial charge on any atom is -0.391 e. The molecule has 0 unspecified atom stereocenters. The van der Waals surface area contributed by atoms with Crippen LogP contribution in [-0.2, 0) is 0 Å². The topological polar surface area (TPSA) is 36.4 Å². The number of pyridine rings is 1. The van der Waals surface area contributed by atoms with Gasteiger partial charge in [-0.2, -0.15) is 0 Å². The van der Waals surface area contributed by atoms with E-state index in [1.165, 1.54) is 0 Å². The van der Waals surface area contributed by atoms with Gasteiger partial charge in [-0.25, -0.2) is 4.98 Å². The standard InChI is InChI=1S/C10H14N2O/c1-8-6-12(7-9(8)13)10-4-2-3-5-11-10/h2-5,8-9,13H,6-7H2,1H3/t8-,9-/m0/s1. The highest BCUT2D eigenvalue weighted by molar-refractivity contribution is 5.39. The third kappa shape index (κ3) is 1.65. The number of β-amino-alcohol motifs (C(OH)–C–C–N with tert-alkyl or cyclic N) is 1. The Hall–Kier alpha value is -1.09. The Balaban J connectivity index is 2.12. The predicted molar refractivity (Wildman–Crippen MR) is 51.6 cm³/mol. The molecule has 0 aliphatic carbocycles. The Kier molecular flexibility index (Phi) is 2.19. The maximum absolute atomic E-state index is 9.56. The molecule has 1 aliphatic heterocycles. The Bertz CT molecular complexity index is 266. The summed E-state index contributed by atoms with van der Waals surface area (Å²) in [6.07, 6.45) is 1.58. The first kappa shape index (κ1) is 8.51. The molecular formula is C10H14N2O. The first-order chi connectivity index (χ1) is 6.27. The van der Waals surface area contributed by atoms with Gasteiger partial charge in [0.2, 0.25) is 0 Å². The second-order valence-electron chi connectivity index (χ2n) is 3.64. The monoisotopic (exact) mass is 178 g/mol. The molecule has 2 heterocycles. The lowest BCUT2D eigenvalue weighted by molar-refractivity contribution is 0.157. The van der Waals surface area contributed by atoms with Crippen molar-refractivity contribution < 1.29 is 5.11 Å². The molecule has 1 N–H and O–H groups in total. The van der Waals surface area contributed by atoms with Crippen LogP contribution in [0.5, 0.6) is 0 Å². The fraction of sp³-hybridized carbons (Fsp3) is 0.500. The molecule has 1 saturated heterocycles. The van der Waals surface area contributed by atoms with Crippen LogP contribution in [0.3, 0.4) is 0 Å². The second kappa shape index (κ2) is 3.34. The van der Waals surface area contributed by atoms with Gasteiger partial charge >= 0.3 is 0 Å². The number of rotatable bonds is 1. The summed E-state index contributed by atoms with van der Waals surface area (Å²) in [4.78, 5) is 6.36. The molecule has 1 aliphatic rings. The molecule has 3 nitrogen and oxygen atoms in total. The third-order valence-corrected chi connectivity index (χ3v) is 2.55. The van der Waals surface area contributed by atoms with Crippen molar-refractivity contribution in [2.24, 2.45) is 5.92 Å². The lowest BCUT2D eigenvalue weighted by atomic mass is 10.1. The van der Waals surface area contributed by atoms with E-state index in [0.29, 0.717) is 12.5 Å². The Morgan fingerprint density at radius 3 is 2.85 bits per heavy atom. The largest absolute Gasteiger partial charge is 0.391 e. The fourth-order valence-electron chi connectivity index (χ4n) is 1.68. The quantitative estimate of drug-likeness (QED) is 0.694. The molecule has 2 rings (SSSR count). The summed E-state index contributed by atoms with van der Waals surface area (Å²) in [5.74, 6) is 1.31. The smallest absolute Gasteiger partial charge is 0.128 e. The zero-order valence-corrected chi connectivity index (χ0v) is 7.72. The van der Waals surface area contributed by atoms with Gasteiger partial charge in [0.05, 0.1) is 6.10 Å². The average Bonchev–Trinajstić information content (AvgIpc) is 2.49.